The molecule has 0 radical (unpaired) electrons. The first-order valence-electron chi connectivity index (χ1n) is 41.4. The van der Waals surface area contributed by atoms with E-state index >= 15 is 0 Å². The molecule has 4 unspecified atom stereocenters. The van der Waals surface area contributed by atoms with Gasteiger partial charge in [0.25, 0.3) is 0 Å². The predicted octanol–water partition coefficient (Wildman–Crippen LogP) is 23.7. The molecule has 3 N–H and O–H groups in total. The average molecular weight is 1450 g/mol. The van der Waals surface area contributed by atoms with Crippen LogP contribution in [-0.2, 0) is 65.4 Å². The largest absolute Gasteiger partial charge is 0.472 e. The highest BCUT2D eigenvalue weighted by Gasteiger charge is 2.30. The van der Waals surface area contributed by atoms with Gasteiger partial charge in [-0.25, -0.2) is 9.13 Å². The number of hydrogen-bond donors (Lipinski definition) is 3. The Hall–Kier alpha value is -1.94. The first kappa shape index (κ1) is 97.1. The summed E-state index contributed by atoms with van der Waals surface area (Å²) in [5, 5.41) is 10.6. The van der Waals surface area contributed by atoms with Gasteiger partial charge < -0.3 is 33.8 Å². The second kappa shape index (κ2) is 70.4. The number of unbranched alkanes of at least 4 members (excludes halogenated alkanes) is 44. The van der Waals surface area contributed by atoms with Crippen molar-refractivity contribution in [1.82, 2.24) is 0 Å². The second-order valence-electron chi connectivity index (χ2n) is 29.8. The van der Waals surface area contributed by atoms with Gasteiger partial charge in [0.05, 0.1) is 26.4 Å². The molecule has 0 aliphatic heterocycles. The van der Waals surface area contributed by atoms with Gasteiger partial charge in [-0.2, -0.15) is 0 Å². The molecule has 0 aromatic rings. The number of aliphatic hydroxyl groups is 1. The van der Waals surface area contributed by atoms with Crippen LogP contribution in [0, 0.1) is 17.8 Å². The van der Waals surface area contributed by atoms with Gasteiger partial charge in [0.2, 0.25) is 0 Å². The van der Waals surface area contributed by atoms with E-state index in [1.807, 2.05) is 0 Å². The van der Waals surface area contributed by atoms with E-state index in [4.69, 9.17) is 37.0 Å². The lowest BCUT2D eigenvalue weighted by Gasteiger charge is -2.21. The first-order chi connectivity index (χ1) is 47.8. The van der Waals surface area contributed by atoms with E-state index in [0.29, 0.717) is 25.7 Å². The minimum absolute atomic E-state index is 0.105. The molecule has 17 nitrogen and oxygen atoms in total. The van der Waals surface area contributed by atoms with Gasteiger partial charge in [-0.1, -0.05) is 363 Å². The zero-order valence-corrected chi connectivity index (χ0v) is 66.8. The van der Waals surface area contributed by atoms with Crippen LogP contribution < -0.4 is 0 Å². The van der Waals surface area contributed by atoms with Crippen LogP contribution in [-0.4, -0.2) is 96.7 Å². The van der Waals surface area contributed by atoms with Crippen LogP contribution in [0.15, 0.2) is 0 Å². The van der Waals surface area contributed by atoms with Crippen molar-refractivity contribution in [1.29, 1.82) is 0 Å². The van der Waals surface area contributed by atoms with Gasteiger partial charge in [-0.15, -0.1) is 0 Å². The topological polar surface area (TPSA) is 237 Å². The molecule has 7 atom stereocenters. The highest BCUT2D eigenvalue weighted by atomic mass is 31.2. The third kappa shape index (κ3) is 71.5. The molecular weight excluding hydrogens is 1290 g/mol. The summed E-state index contributed by atoms with van der Waals surface area (Å²) in [6.45, 7) is 12.0. The van der Waals surface area contributed by atoms with Crippen LogP contribution in [0.5, 0.6) is 0 Å². The molecule has 19 heteroatoms. The lowest BCUT2D eigenvalue weighted by atomic mass is 9.99. The predicted molar refractivity (Wildman–Crippen MR) is 405 cm³/mol. The first-order valence-corrected chi connectivity index (χ1v) is 44.4. The van der Waals surface area contributed by atoms with Gasteiger partial charge in [0.15, 0.2) is 12.2 Å². The van der Waals surface area contributed by atoms with Crippen molar-refractivity contribution in [2.75, 3.05) is 39.6 Å². The molecule has 0 spiro atoms. The van der Waals surface area contributed by atoms with Crippen molar-refractivity contribution in [2.24, 2.45) is 17.8 Å². The van der Waals surface area contributed by atoms with E-state index < -0.39 is 97.5 Å². The number of carbonyl (C=O) groups is 4. The van der Waals surface area contributed by atoms with Crippen molar-refractivity contribution in [3.63, 3.8) is 0 Å². The molecule has 0 aromatic carbocycles. The lowest BCUT2D eigenvalue weighted by Crippen LogP contribution is -2.30. The Labute approximate surface area is 607 Å². The van der Waals surface area contributed by atoms with E-state index in [2.05, 4.69) is 48.5 Å². The highest BCUT2D eigenvalue weighted by Crippen LogP contribution is 2.45. The summed E-state index contributed by atoms with van der Waals surface area (Å²) in [6.07, 6.45) is 58.2. The van der Waals surface area contributed by atoms with Gasteiger partial charge in [0, 0.05) is 25.7 Å². The maximum atomic E-state index is 13.1. The average Bonchev–Trinajstić information content (AvgIpc) is 2.84. The third-order valence-electron chi connectivity index (χ3n) is 19.4. The molecule has 0 fully saturated rings. The number of rotatable bonds is 78. The molecule has 0 amide bonds. The van der Waals surface area contributed by atoms with E-state index in [1.165, 1.54) is 225 Å². The van der Waals surface area contributed by atoms with Gasteiger partial charge in [0.1, 0.15) is 19.3 Å². The molecule has 0 heterocycles. The Morgan fingerprint density at radius 3 is 0.768 bits per heavy atom. The minimum Gasteiger partial charge on any atom is -0.462 e. The fourth-order valence-electron chi connectivity index (χ4n) is 12.2. The summed E-state index contributed by atoms with van der Waals surface area (Å²) in [7, 11) is -9.92. The van der Waals surface area contributed by atoms with Crippen molar-refractivity contribution >= 4 is 39.5 Å². The van der Waals surface area contributed by atoms with Gasteiger partial charge in [-0.05, 0) is 43.4 Å². The summed E-state index contributed by atoms with van der Waals surface area (Å²) in [5.41, 5.74) is 0. The molecular formula is C80H156O17P2. The van der Waals surface area contributed by atoms with Crippen molar-refractivity contribution in [3.05, 3.63) is 0 Å². The molecule has 0 aliphatic rings. The highest BCUT2D eigenvalue weighted by molar-refractivity contribution is 7.47. The van der Waals surface area contributed by atoms with Crippen LogP contribution in [0.3, 0.4) is 0 Å². The molecule has 0 saturated heterocycles. The number of hydrogen-bond acceptors (Lipinski definition) is 15. The fraction of sp³-hybridized carbons (Fsp3) is 0.950. The van der Waals surface area contributed by atoms with Crippen LogP contribution in [0.25, 0.3) is 0 Å². The summed E-state index contributed by atoms with van der Waals surface area (Å²) in [6, 6.07) is 0. The quantitative estimate of drug-likeness (QED) is 0.0222. The number of ether oxygens (including phenoxy) is 4. The molecule has 0 saturated carbocycles. The van der Waals surface area contributed by atoms with Crippen molar-refractivity contribution in [2.45, 2.75) is 433 Å². The Balaban J connectivity index is 5.21. The molecule has 0 aromatic heterocycles. The summed E-state index contributed by atoms with van der Waals surface area (Å²) >= 11 is 0. The van der Waals surface area contributed by atoms with Crippen LogP contribution in [0.1, 0.15) is 414 Å². The van der Waals surface area contributed by atoms with E-state index in [0.717, 1.165) is 108 Å². The smallest absolute Gasteiger partial charge is 0.462 e. The molecule has 99 heavy (non-hydrogen) atoms. The van der Waals surface area contributed by atoms with Crippen LogP contribution >= 0.6 is 15.6 Å². The van der Waals surface area contributed by atoms with Gasteiger partial charge in [-0.3, -0.25) is 37.3 Å². The zero-order chi connectivity index (χ0) is 73.0. The maximum absolute atomic E-state index is 13.1. The van der Waals surface area contributed by atoms with Gasteiger partial charge >= 0.3 is 39.5 Å². The fourth-order valence-corrected chi connectivity index (χ4v) is 13.8. The Morgan fingerprint density at radius 1 is 0.293 bits per heavy atom. The number of phosphoric ester groups is 2. The van der Waals surface area contributed by atoms with Crippen molar-refractivity contribution < 1.29 is 80.2 Å². The van der Waals surface area contributed by atoms with E-state index in [1.54, 1.807) is 0 Å². The Bertz CT molecular complexity index is 1930. The normalized spacial score (nSPS) is 14.5. The summed E-state index contributed by atoms with van der Waals surface area (Å²) < 4.78 is 68.7. The second-order valence-corrected chi connectivity index (χ2v) is 32.7. The molecule has 0 aliphatic carbocycles. The van der Waals surface area contributed by atoms with Crippen LogP contribution in [0.4, 0.5) is 0 Å². The molecule has 0 bridgehead atoms. The number of aliphatic hydroxyl groups excluding tert-OH is 1. The third-order valence-corrected chi connectivity index (χ3v) is 21.3. The standard InChI is InChI=1S/C80H156O17P2/c1-8-11-12-13-14-15-16-23-27-32-40-47-54-61-77(82)90-67-75(96-79(84)63-56-49-42-33-28-25-22-20-18-17-19-21-24-26-31-38-45-52-59-72(6)9-2)69-94-98(86,87)92-65-74(81)66-93-99(88,89)95-70-76(97-80(85)64-57-50-43-34-29-30-37-44-51-58-71(4)5)68-91-78(83)62-55-48-41-36-35-39-46-53-60-73(7)10-3/h71-76,81H,8-70H2,1-7H3,(H,86,87)(H,88,89)/t72?,73?,74-,75-,76-/m1/s1. The minimum atomic E-state index is -4.96. The van der Waals surface area contributed by atoms with E-state index in [-0.39, 0.29) is 25.7 Å². The van der Waals surface area contributed by atoms with Crippen molar-refractivity contribution in [3.8, 4) is 0 Å². The Kier molecular flexibility index (Phi) is 69.0. The SMILES string of the molecule is CCCCCCCCCCCCCCCC(=O)OC[C@H](COP(=O)(O)OC[C@@H](O)COP(=O)(O)OC[C@@H](COC(=O)CCCCCCCCCCC(C)CC)OC(=O)CCCCCCCCCCCC(C)C)OC(=O)CCCCCCCCCCCCCCCCCCCCC(C)CC. The molecule has 588 valence electrons. The number of carbonyl (C=O) groups excluding carboxylic acids is 4. The lowest BCUT2D eigenvalue weighted by molar-refractivity contribution is -0.161. The monoisotopic (exact) mass is 1450 g/mol. The zero-order valence-electron chi connectivity index (χ0n) is 65.0. The summed E-state index contributed by atoms with van der Waals surface area (Å²) in [4.78, 5) is 73.0. The Morgan fingerprint density at radius 2 is 0.515 bits per heavy atom. The maximum Gasteiger partial charge on any atom is 0.472 e. The summed E-state index contributed by atoms with van der Waals surface area (Å²) in [5.74, 6) is 0.272. The van der Waals surface area contributed by atoms with E-state index in [9.17, 15) is 43.2 Å². The number of esters is 4. The van der Waals surface area contributed by atoms with Crippen LogP contribution in [0.2, 0.25) is 0 Å². The number of phosphoric acid groups is 2. The molecule has 0 rings (SSSR count).